The van der Waals surface area contributed by atoms with Gasteiger partial charge in [0.25, 0.3) is 0 Å². The van der Waals surface area contributed by atoms with E-state index in [4.69, 9.17) is 4.74 Å². The second-order valence-corrected chi connectivity index (χ2v) is 6.10. The molecule has 0 saturated heterocycles. The summed E-state index contributed by atoms with van der Waals surface area (Å²) < 4.78 is 5.72. The average molecular weight is 313 g/mol. The van der Waals surface area contributed by atoms with Crippen LogP contribution < -0.4 is 4.74 Å². The number of hydrogen-bond acceptors (Lipinski definition) is 2. The van der Waals surface area contributed by atoms with Crippen molar-refractivity contribution in [2.75, 3.05) is 5.33 Å². The van der Waals surface area contributed by atoms with Crippen LogP contribution in [0.15, 0.2) is 24.3 Å². The van der Waals surface area contributed by atoms with Crippen LogP contribution >= 0.6 is 15.9 Å². The van der Waals surface area contributed by atoms with Crippen LogP contribution in [0, 0.1) is 0 Å². The second kappa shape index (κ2) is 6.93. The normalized spacial score (nSPS) is 11.3. The molecule has 100 valence electrons. The Morgan fingerprint density at radius 1 is 1.17 bits per heavy atom. The Morgan fingerprint density at radius 3 is 2.28 bits per heavy atom. The predicted molar refractivity (Wildman–Crippen MR) is 78.8 cm³/mol. The third kappa shape index (κ3) is 5.67. The van der Waals surface area contributed by atoms with E-state index in [9.17, 15) is 4.79 Å². The molecule has 0 aromatic heterocycles. The van der Waals surface area contributed by atoms with Crippen molar-refractivity contribution in [3.8, 4) is 5.75 Å². The van der Waals surface area contributed by atoms with Gasteiger partial charge in [-0.3, -0.25) is 4.79 Å². The smallest absolute Gasteiger partial charge is 0.162 e. The van der Waals surface area contributed by atoms with Crippen LogP contribution in [-0.4, -0.2) is 16.7 Å². The number of Topliss-reactive ketones (excluding diaryl/α,β-unsaturated/α-hetero) is 1. The minimum absolute atomic E-state index is 0.207. The molecule has 0 aliphatic heterocycles. The van der Waals surface area contributed by atoms with E-state index in [1.807, 2.05) is 45.0 Å². The Kier molecular flexibility index (Phi) is 5.86. The number of benzene rings is 1. The minimum Gasteiger partial charge on any atom is -0.488 e. The van der Waals surface area contributed by atoms with E-state index in [1.165, 1.54) is 0 Å². The third-order valence-corrected chi connectivity index (χ3v) is 2.95. The van der Waals surface area contributed by atoms with Gasteiger partial charge in [0.1, 0.15) is 11.4 Å². The molecule has 0 heterocycles. The van der Waals surface area contributed by atoms with E-state index >= 15 is 0 Å². The second-order valence-electron chi connectivity index (χ2n) is 5.31. The lowest BCUT2D eigenvalue weighted by molar-refractivity contribution is 0.0980. The van der Waals surface area contributed by atoms with Gasteiger partial charge in [-0.25, -0.2) is 0 Å². The molecule has 3 heteroatoms. The van der Waals surface area contributed by atoms with Crippen LogP contribution in [0.2, 0.25) is 0 Å². The Bertz CT molecular complexity index is 376. The molecule has 0 spiro atoms. The molecule has 2 nitrogen and oxygen atoms in total. The fraction of sp³-hybridized carbons (Fsp3) is 0.533. The van der Waals surface area contributed by atoms with Gasteiger partial charge in [-0.1, -0.05) is 15.9 Å². The number of ketones is 1. The van der Waals surface area contributed by atoms with Crippen LogP contribution in [0.25, 0.3) is 0 Å². The predicted octanol–water partition coefficient (Wildman–Crippen LogP) is 4.61. The SMILES string of the molecule is CC(C)(C)Oc1ccc(C(=O)CCCCBr)cc1. The molecular weight excluding hydrogens is 292 g/mol. The van der Waals surface area contributed by atoms with E-state index in [0.717, 1.165) is 29.5 Å². The topological polar surface area (TPSA) is 26.3 Å². The lowest BCUT2D eigenvalue weighted by atomic mass is 10.1. The maximum absolute atomic E-state index is 11.9. The Balaban J connectivity index is 2.57. The standard InChI is InChI=1S/C15H21BrO2/c1-15(2,3)18-13-9-7-12(8-10-13)14(17)6-4-5-11-16/h7-10H,4-6,11H2,1-3H3. The molecule has 0 atom stereocenters. The highest BCUT2D eigenvalue weighted by molar-refractivity contribution is 9.09. The van der Waals surface area contributed by atoms with Gasteiger partial charge in [0.2, 0.25) is 0 Å². The summed E-state index contributed by atoms with van der Waals surface area (Å²) in [6.45, 7) is 6.02. The highest BCUT2D eigenvalue weighted by atomic mass is 79.9. The van der Waals surface area contributed by atoms with Gasteiger partial charge in [-0.15, -0.1) is 0 Å². The number of rotatable bonds is 6. The van der Waals surface area contributed by atoms with Crippen molar-refractivity contribution in [1.82, 2.24) is 0 Å². The fourth-order valence-electron chi connectivity index (χ4n) is 1.59. The molecule has 0 fully saturated rings. The monoisotopic (exact) mass is 312 g/mol. The fourth-order valence-corrected chi connectivity index (χ4v) is 1.98. The summed E-state index contributed by atoms with van der Waals surface area (Å²) in [6, 6.07) is 7.42. The Labute approximate surface area is 118 Å². The molecule has 18 heavy (non-hydrogen) atoms. The van der Waals surface area contributed by atoms with Crippen molar-refractivity contribution in [2.24, 2.45) is 0 Å². The van der Waals surface area contributed by atoms with Crippen LogP contribution in [0.1, 0.15) is 50.4 Å². The van der Waals surface area contributed by atoms with E-state index in [-0.39, 0.29) is 11.4 Å². The van der Waals surface area contributed by atoms with Crippen molar-refractivity contribution in [1.29, 1.82) is 0 Å². The molecule has 1 rings (SSSR count). The zero-order valence-electron chi connectivity index (χ0n) is 11.3. The van der Waals surface area contributed by atoms with Crippen molar-refractivity contribution in [2.45, 2.75) is 45.6 Å². The average Bonchev–Trinajstić information content (AvgIpc) is 2.28. The van der Waals surface area contributed by atoms with E-state index in [1.54, 1.807) is 0 Å². The summed E-state index contributed by atoms with van der Waals surface area (Å²) >= 11 is 3.37. The molecule has 0 amide bonds. The Morgan fingerprint density at radius 2 is 1.78 bits per heavy atom. The number of carbonyl (C=O) groups is 1. The lowest BCUT2D eigenvalue weighted by Crippen LogP contribution is -2.22. The largest absolute Gasteiger partial charge is 0.488 e. The quantitative estimate of drug-likeness (QED) is 0.435. The van der Waals surface area contributed by atoms with Gasteiger partial charge in [0.15, 0.2) is 5.78 Å². The van der Waals surface area contributed by atoms with Crippen molar-refractivity contribution in [3.05, 3.63) is 29.8 Å². The number of carbonyl (C=O) groups excluding carboxylic acids is 1. The molecule has 0 aliphatic rings. The van der Waals surface area contributed by atoms with Crippen molar-refractivity contribution >= 4 is 21.7 Å². The molecule has 0 bridgehead atoms. The first-order valence-electron chi connectivity index (χ1n) is 6.30. The summed E-state index contributed by atoms with van der Waals surface area (Å²) in [6.07, 6.45) is 2.59. The number of hydrogen-bond donors (Lipinski definition) is 0. The minimum atomic E-state index is -0.207. The van der Waals surface area contributed by atoms with Gasteiger partial charge in [-0.2, -0.15) is 0 Å². The van der Waals surface area contributed by atoms with E-state index < -0.39 is 0 Å². The highest BCUT2D eigenvalue weighted by Crippen LogP contribution is 2.19. The first-order valence-corrected chi connectivity index (χ1v) is 7.43. The zero-order chi connectivity index (χ0) is 13.6. The van der Waals surface area contributed by atoms with Crippen molar-refractivity contribution < 1.29 is 9.53 Å². The summed E-state index contributed by atoms with van der Waals surface area (Å²) in [5, 5.41) is 0.957. The first kappa shape index (κ1) is 15.2. The summed E-state index contributed by atoms with van der Waals surface area (Å²) in [4.78, 5) is 11.9. The summed E-state index contributed by atoms with van der Waals surface area (Å²) in [5.41, 5.74) is 0.562. The summed E-state index contributed by atoms with van der Waals surface area (Å²) in [5.74, 6) is 1.01. The van der Waals surface area contributed by atoms with Gasteiger partial charge in [0.05, 0.1) is 0 Å². The summed E-state index contributed by atoms with van der Waals surface area (Å²) in [7, 11) is 0. The molecular formula is C15H21BrO2. The van der Waals surface area contributed by atoms with E-state index in [0.29, 0.717) is 6.42 Å². The number of halogens is 1. The van der Waals surface area contributed by atoms with Gasteiger partial charge >= 0.3 is 0 Å². The van der Waals surface area contributed by atoms with Gasteiger partial charge in [0, 0.05) is 17.3 Å². The molecule has 0 radical (unpaired) electrons. The molecule has 1 aromatic rings. The highest BCUT2D eigenvalue weighted by Gasteiger charge is 2.12. The van der Waals surface area contributed by atoms with Crippen LogP contribution in [0.4, 0.5) is 0 Å². The van der Waals surface area contributed by atoms with E-state index in [2.05, 4.69) is 15.9 Å². The van der Waals surface area contributed by atoms with Crippen molar-refractivity contribution in [3.63, 3.8) is 0 Å². The number of ether oxygens (including phenoxy) is 1. The van der Waals surface area contributed by atoms with Crippen LogP contribution in [0.3, 0.4) is 0 Å². The molecule has 0 N–H and O–H groups in total. The van der Waals surface area contributed by atoms with Gasteiger partial charge < -0.3 is 4.74 Å². The lowest BCUT2D eigenvalue weighted by Gasteiger charge is -2.21. The Hall–Kier alpha value is -0.830. The maximum atomic E-state index is 11.9. The molecule has 0 unspecified atom stereocenters. The molecule has 0 aliphatic carbocycles. The molecule has 1 aromatic carbocycles. The van der Waals surface area contributed by atoms with Crippen LogP contribution in [-0.2, 0) is 0 Å². The van der Waals surface area contributed by atoms with Crippen LogP contribution in [0.5, 0.6) is 5.75 Å². The maximum Gasteiger partial charge on any atom is 0.162 e. The number of unbranched alkanes of at least 4 members (excludes halogenated alkanes) is 1. The van der Waals surface area contributed by atoms with Gasteiger partial charge in [-0.05, 0) is 57.9 Å². The molecule has 0 saturated carbocycles. The zero-order valence-corrected chi connectivity index (χ0v) is 12.9. The first-order chi connectivity index (χ1) is 8.42. The number of alkyl halides is 1. The third-order valence-electron chi connectivity index (χ3n) is 2.39.